The molecule has 1 amide bonds. The van der Waals surface area contributed by atoms with E-state index in [1.165, 1.54) is 10.1 Å². The molecule has 0 aliphatic heterocycles. The van der Waals surface area contributed by atoms with E-state index in [-0.39, 0.29) is 0 Å². The molecule has 0 bridgehead atoms. The predicted molar refractivity (Wildman–Crippen MR) is 85.4 cm³/mol. The standard InChI is InChI=1S/C16H11N3OS/c17-16(20)10-5-6-12-11(7-10)15(19-18-12)14-8-9-3-1-2-4-13(9)21-14/h1-8H,(H2,17,20)(H,18,19). The molecule has 2 heterocycles. The topological polar surface area (TPSA) is 71.8 Å². The minimum Gasteiger partial charge on any atom is -0.366 e. The van der Waals surface area contributed by atoms with E-state index in [2.05, 4.69) is 28.4 Å². The van der Waals surface area contributed by atoms with Crippen LogP contribution in [0.25, 0.3) is 31.6 Å². The number of aromatic nitrogens is 2. The molecule has 2 aromatic carbocycles. The van der Waals surface area contributed by atoms with Gasteiger partial charge < -0.3 is 5.73 Å². The van der Waals surface area contributed by atoms with E-state index in [4.69, 9.17) is 5.73 Å². The molecule has 3 N–H and O–H groups in total. The summed E-state index contributed by atoms with van der Waals surface area (Å²) in [6.07, 6.45) is 0. The van der Waals surface area contributed by atoms with Gasteiger partial charge in [-0.3, -0.25) is 9.89 Å². The molecule has 0 unspecified atom stereocenters. The maximum atomic E-state index is 11.3. The Morgan fingerprint density at radius 2 is 2.00 bits per heavy atom. The number of primary amides is 1. The van der Waals surface area contributed by atoms with Crippen LogP contribution in [0.3, 0.4) is 0 Å². The van der Waals surface area contributed by atoms with Crippen molar-refractivity contribution in [2.75, 3.05) is 0 Å². The van der Waals surface area contributed by atoms with Gasteiger partial charge in [-0.1, -0.05) is 18.2 Å². The van der Waals surface area contributed by atoms with Gasteiger partial charge in [0.15, 0.2) is 0 Å². The van der Waals surface area contributed by atoms with Crippen molar-refractivity contribution in [2.24, 2.45) is 5.73 Å². The van der Waals surface area contributed by atoms with Crippen molar-refractivity contribution in [1.29, 1.82) is 0 Å². The second-order valence-corrected chi connectivity index (χ2v) is 5.93. The number of benzene rings is 2. The average molecular weight is 293 g/mol. The maximum absolute atomic E-state index is 11.3. The third kappa shape index (κ3) is 1.90. The molecule has 5 heteroatoms. The van der Waals surface area contributed by atoms with Gasteiger partial charge in [0.05, 0.1) is 10.4 Å². The largest absolute Gasteiger partial charge is 0.366 e. The van der Waals surface area contributed by atoms with Gasteiger partial charge in [-0.2, -0.15) is 5.10 Å². The number of nitrogens with one attached hydrogen (secondary N) is 1. The second kappa shape index (κ2) is 4.43. The van der Waals surface area contributed by atoms with Crippen molar-refractivity contribution < 1.29 is 4.79 Å². The zero-order valence-electron chi connectivity index (χ0n) is 11.0. The lowest BCUT2D eigenvalue weighted by molar-refractivity contribution is 0.100. The fourth-order valence-electron chi connectivity index (χ4n) is 2.45. The summed E-state index contributed by atoms with van der Waals surface area (Å²) >= 11 is 1.69. The Bertz CT molecular complexity index is 950. The Balaban J connectivity index is 1.96. The number of fused-ring (bicyclic) bond motifs is 2. The highest BCUT2D eigenvalue weighted by Crippen LogP contribution is 2.35. The van der Waals surface area contributed by atoms with Crippen molar-refractivity contribution in [3.05, 3.63) is 54.1 Å². The Labute approximate surface area is 124 Å². The first kappa shape index (κ1) is 12.1. The first-order valence-electron chi connectivity index (χ1n) is 6.49. The molecular formula is C16H11N3OS. The van der Waals surface area contributed by atoms with E-state index < -0.39 is 5.91 Å². The summed E-state index contributed by atoms with van der Waals surface area (Å²) in [5.74, 6) is -0.430. The van der Waals surface area contributed by atoms with Crippen molar-refractivity contribution in [2.45, 2.75) is 0 Å². The van der Waals surface area contributed by atoms with Crippen molar-refractivity contribution in [3.8, 4) is 10.6 Å². The van der Waals surface area contributed by atoms with Crippen LogP contribution in [0.15, 0.2) is 48.5 Å². The number of carbonyl (C=O) groups excluding carboxylic acids is 1. The Hall–Kier alpha value is -2.66. The van der Waals surface area contributed by atoms with E-state index in [9.17, 15) is 4.79 Å². The summed E-state index contributed by atoms with van der Waals surface area (Å²) in [5.41, 5.74) is 7.60. The number of hydrogen-bond donors (Lipinski definition) is 2. The van der Waals surface area contributed by atoms with Crippen molar-refractivity contribution in [3.63, 3.8) is 0 Å². The van der Waals surface area contributed by atoms with E-state index in [0.717, 1.165) is 21.5 Å². The SMILES string of the molecule is NC(=O)c1ccc2[nH]nc(-c3cc4ccccc4s3)c2c1. The predicted octanol–water partition coefficient (Wildman–Crippen LogP) is 3.54. The number of amides is 1. The highest BCUT2D eigenvalue weighted by atomic mass is 32.1. The highest BCUT2D eigenvalue weighted by molar-refractivity contribution is 7.22. The van der Waals surface area contributed by atoms with E-state index in [1.54, 1.807) is 23.5 Å². The molecular weight excluding hydrogens is 282 g/mol. The van der Waals surface area contributed by atoms with Gasteiger partial charge in [0.1, 0.15) is 5.69 Å². The smallest absolute Gasteiger partial charge is 0.248 e. The van der Waals surface area contributed by atoms with Gasteiger partial charge in [0.2, 0.25) is 5.91 Å². The quantitative estimate of drug-likeness (QED) is 0.593. The monoisotopic (exact) mass is 293 g/mol. The molecule has 0 saturated carbocycles. The van der Waals surface area contributed by atoms with E-state index in [0.29, 0.717) is 5.56 Å². The van der Waals surface area contributed by atoms with Crippen LogP contribution in [-0.2, 0) is 0 Å². The van der Waals surface area contributed by atoms with Gasteiger partial charge in [0.25, 0.3) is 0 Å². The van der Waals surface area contributed by atoms with Crippen LogP contribution in [0.4, 0.5) is 0 Å². The lowest BCUT2D eigenvalue weighted by atomic mass is 10.1. The van der Waals surface area contributed by atoms with Crippen LogP contribution in [-0.4, -0.2) is 16.1 Å². The molecule has 4 aromatic rings. The molecule has 0 atom stereocenters. The number of nitrogens with zero attached hydrogens (tertiary/aromatic N) is 1. The molecule has 0 aliphatic rings. The van der Waals surface area contributed by atoms with Gasteiger partial charge in [-0.05, 0) is 35.7 Å². The van der Waals surface area contributed by atoms with Crippen molar-refractivity contribution in [1.82, 2.24) is 10.2 Å². The maximum Gasteiger partial charge on any atom is 0.248 e. The highest BCUT2D eigenvalue weighted by Gasteiger charge is 2.13. The number of aromatic amines is 1. The minimum absolute atomic E-state index is 0.430. The van der Waals surface area contributed by atoms with E-state index in [1.807, 2.05) is 18.2 Å². The Morgan fingerprint density at radius 1 is 1.14 bits per heavy atom. The number of H-pyrrole nitrogens is 1. The fourth-order valence-corrected chi connectivity index (χ4v) is 3.52. The molecule has 0 fully saturated rings. The van der Waals surface area contributed by atoms with Crippen LogP contribution in [0.2, 0.25) is 0 Å². The van der Waals surface area contributed by atoms with Crippen molar-refractivity contribution >= 4 is 38.2 Å². The molecule has 0 radical (unpaired) electrons. The molecule has 2 aromatic heterocycles. The molecule has 21 heavy (non-hydrogen) atoms. The number of hydrogen-bond acceptors (Lipinski definition) is 3. The summed E-state index contributed by atoms with van der Waals surface area (Å²) in [5, 5.41) is 9.51. The summed E-state index contributed by atoms with van der Waals surface area (Å²) in [7, 11) is 0. The normalized spacial score (nSPS) is 11.2. The molecule has 4 rings (SSSR count). The third-order valence-corrected chi connectivity index (χ3v) is 4.63. The number of rotatable bonds is 2. The van der Waals surface area contributed by atoms with Crippen LogP contribution < -0.4 is 5.73 Å². The summed E-state index contributed by atoms with van der Waals surface area (Å²) in [6, 6.07) is 15.7. The average Bonchev–Trinajstić information content (AvgIpc) is 3.09. The summed E-state index contributed by atoms with van der Waals surface area (Å²) in [6.45, 7) is 0. The van der Waals surface area contributed by atoms with Crippen LogP contribution in [0.5, 0.6) is 0 Å². The Kier molecular flexibility index (Phi) is 2.55. The number of carbonyl (C=O) groups is 1. The zero-order valence-corrected chi connectivity index (χ0v) is 11.8. The lowest BCUT2D eigenvalue weighted by Crippen LogP contribution is -2.10. The first-order valence-corrected chi connectivity index (χ1v) is 7.31. The van der Waals surface area contributed by atoms with Gasteiger partial charge in [0, 0.05) is 15.6 Å². The van der Waals surface area contributed by atoms with Gasteiger partial charge in [-0.15, -0.1) is 11.3 Å². The van der Waals surface area contributed by atoms with Crippen LogP contribution in [0.1, 0.15) is 10.4 Å². The summed E-state index contributed by atoms with van der Waals surface area (Å²) in [4.78, 5) is 12.4. The third-order valence-electron chi connectivity index (χ3n) is 3.51. The second-order valence-electron chi connectivity index (χ2n) is 4.85. The first-order chi connectivity index (χ1) is 10.2. The fraction of sp³-hybridized carbons (Fsp3) is 0. The molecule has 4 nitrogen and oxygen atoms in total. The van der Waals surface area contributed by atoms with Crippen LogP contribution in [0, 0.1) is 0 Å². The van der Waals surface area contributed by atoms with Gasteiger partial charge >= 0.3 is 0 Å². The molecule has 102 valence electrons. The number of thiophene rings is 1. The zero-order chi connectivity index (χ0) is 14.4. The molecule has 0 aliphatic carbocycles. The van der Waals surface area contributed by atoms with Crippen LogP contribution >= 0.6 is 11.3 Å². The number of nitrogens with two attached hydrogens (primary N) is 1. The molecule has 0 saturated heterocycles. The van der Waals surface area contributed by atoms with Gasteiger partial charge in [-0.25, -0.2) is 0 Å². The summed E-state index contributed by atoms with van der Waals surface area (Å²) < 4.78 is 1.22. The minimum atomic E-state index is -0.430. The molecule has 0 spiro atoms. The Morgan fingerprint density at radius 3 is 2.81 bits per heavy atom. The van der Waals surface area contributed by atoms with E-state index >= 15 is 0 Å². The lowest BCUT2D eigenvalue weighted by Gasteiger charge is -1.96.